The van der Waals surface area contributed by atoms with Gasteiger partial charge in [0.2, 0.25) is 0 Å². The molecule has 0 bridgehead atoms. The van der Waals surface area contributed by atoms with Gasteiger partial charge in [-0.3, -0.25) is 4.79 Å². The van der Waals surface area contributed by atoms with Crippen LogP contribution in [0.25, 0.3) is 5.76 Å². The lowest BCUT2D eigenvalue weighted by Gasteiger charge is -2.04. The van der Waals surface area contributed by atoms with Crippen molar-refractivity contribution in [2.45, 2.75) is 6.42 Å². The number of carbonyl (C=O) groups excluding carboxylic acids is 2. The number of benzene rings is 1. The molecule has 6 nitrogen and oxygen atoms in total. The summed E-state index contributed by atoms with van der Waals surface area (Å²) in [5.41, 5.74) is 0.739. The maximum atomic E-state index is 13.4. The molecule has 1 heterocycles. The van der Waals surface area contributed by atoms with Crippen molar-refractivity contribution in [2.24, 2.45) is 0 Å². The zero-order chi connectivity index (χ0) is 17.7. The Balaban J connectivity index is 2.14. The second kappa shape index (κ2) is 7.45. The minimum atomic E-state index is -1.09. The first kappa shape index (κ1) is 17.3. The van der Waals surface area contributed by atoms with Crippen molar-refractivity contribution in [3.05, 3.63) is 59.3 Å². The van der Waals surface area contributed by atoms with Gasteiger partial charge in [0.15, 0.2) is 23.1 Å². The molecular weight excluding hydrogens is 319 g/mol. The molecule has 0 unspecified atom stereocenters. The molecule has 0 atom stereocenters. The summed E-state index contributed by atoms with van der Waals surface area (Å²) in [5, 5.41) is 9.80. The standard InChI is InChI=1S/C17H15FO6/c1-22-16-8-10(3-5-12(16)18)7-11-4-6-15(24-11)13(19)9-14(20)17(21)23-2/h3-6,8-9,19H,7H2,1-2H3. The second-order valence-electron chi connectivity index (χ2n) is 4.80. The smallest absolute Gasteiger partial charge is 0.378 e. The Morgan fingerprint density at radius 2 is 2.00 bits per heavy atom. The number of furan rings is 1. The monoisotopic (exact) mass is 334 g/mol. The highest BCUT2D eigenvalue weighted by Crippen LogP contribution is 2.22. The van der Waals surface area contributed by atoms with Crippen molar-refractivity contribution in [3.8, 4) is 5.75 Å². The number of aliphatic hydroxyl groups is 1. The Morgan fingerprint density at radius 1 is 1.25 bits per heavy atom. The van der Waals surface area contributed by atoms with E-state index in [0.717, 1.165) is 18.7 Å². The third-order valence-electron chi connectivity index (χ3n) is 3.16. The van der Waals surface area contributed by atoms with Gasteiger partial charge in [-0.2, -0.15) is 0 Å². The lowest BCUT2D eigenvalue weighted by molar-refractivity contribution is -0.149. The molecule has 0 radical (unpaired) electrons. The Morgan fingerprint density at radius 3 is 2.67 bits per heavy atom. The number of ether oxygens (including phenoxy) is 2. The summed E-state index contributed by atoms with van der Waals surface area (Å²) >= 11 is 0. The number of halogens is 1. The summed E-state index contributed by atoms with van der Waals surface area (Å²) in [6, 6.07) is 7.44. The fourth-order valence-electron chi connectivity index (χ4n) is 1.98. The molecule has 1 N–H and O–H groups in total. The summed E-state index contributed by atoms with van der Waals surface area (Å²) in [5.74, 6) is -2.44. The molecule has 24 heavy (non-hydrogen) atoms. The molecule has 0 aliphatic heterocycles. The van der Waals surface area contributed by atoms with E-state index < -0.39 is 23.3 Å². The quantitative estimate of drug-likeness (QED) is 0.378. The van der Waals surface area contributed by atoms with Crippen LogP contribution in [0.15, 0.2) is 40.8 Å². The predicted octanol–water partition coefficient (Wildman–Crippen LogP) is 2.66. The van der Waals surface area contributed by atoms with E-state index in [4.69, 9.17) is 9.15 Å². The highest BCUT2D eigenvalue weighted by atomic mass is 19.1. The number of hydrogen-bond acceptors (Lipinski definition) is 6. The van der Waals surface area contributed by atoms with Crippen molar-refractivity contribution >= 4 is 17.5 Å². The van der Waals surface area contributed by atoms with Crippen LogP contribution in [0.5, 0.6) is 5.75 Å². The first-order valence-electron chi connectivity index (χ1n) is 6.89. The average molecular weight is 334 g/mol. The first-order chi connectivity index (χ1) is 11.4. The van der Waals surface area contributed by atoms with Gasteiger partial charge in [0.25, 0.3) is 5.78 Å². The molecular formula is C17H15FO6. The second-order valence-corrected chi connectivity index (χ2v) is 4.80. The molecule has 2 rings (SSSR count). The molecule has 0 saturated heterocycles. The van der Waals surface area contributed by atoms with Gasteiger partial charge in [-0.25, -0.2) is 9.18 Å². The van der Waals surface area contributed by atoms with Crippen LogP contribution in [-0.4, -0.2) is 31.1 Å². The number of esters is 1. The zero-order valence-electron chi connectivity index (χ0n) is 13.0. The molecule has 7 heteroatoms. The van der Waals surface area contributed by atoms with Crippen LogP contribution in [0.1, 0.15) is 17.1 Å². The van der Waals surface area contributed by atoms with Crippen molar-refractivity contribution < 1.29 is 33.0 Å². The highest BCUT2D eigenvalue weighted by Gasteiger charge is 2.15. The van der Waals surface area contributed by atoms with E-state index in [1.165, 1.54) is 25.3 Å². The van der Waals surface area contributed by atoms with Crippen molar-refractivity contribution in [1.82, 2.24) is 0 Å². The van der Waals surface area contributed by atoms with Crippen LogP contribution in [0.4, 0.5) is 4.39 Å². The third kappa shape index (κ3) is 4.01. The molecule has 0 saturated carbocycles. The average Bonchev–Trinajstić information content (AvgIpc) is 3.04. The van der Waals surface area contributed by atoms with E-state index in [-0.39, 0.29) is 11.5 Å². The van der Waals surface area contributed by atoms with E-state index in [1.807, 2.05) is 0 Å². The molecule has 0 aliphatic carbocycles. The van der Waals surface area contributed by atoms with Crippen LogP contribution >= 0.6 is 0 Å². The Bertz CT molecular complexity index is 790. The van der Waals surface area contributed by atoms with Crippen molar-refractivity contribution in [3.63, 3.8) is 0 Å². The SMILES string of the molecule is COC(=O)C(=O)C=C(O)c1ccc(Cc2ccc(F)c(OC)c2)o1. The molecule has 0 fully saturated rings. The number of ketones is 1. The number of methoxy groups -OCH3 is 2. The van der Waals surface area contributed by atoms with Gasteiger partial charge >= 0.3 is 5.97 Å². The van der Waals surface area contributed by atoms with Gasteiger partial charge in [0.1, 0.15) is 5.76 Å². The molecule has 1 aromatic heterocycles. The summed E-state index contributed by atoms with van der Waals surface area (Å²) in [7, 11) is 2.43. The highest BCUT2D eigenvalue weighted by molar-refractivity contribution is 6.39. The summed E-state index contributed by atoms with van der Waals surface area (Å²) in [6.45, 7) is 0. The topological polar surface area (TPSA) is 86.0 Å². The molecule has 126 valence electrons. The lowest BCUT2D eigenvalue weighted by Crippen LogP contribution is -2.12. The molecule has 1 aromatic carbocycles. The van der Waals surface area contributed by atoms with Gasteiger partial charge in [-0.05, 0) is 29.8 Å². The summed E-state index contributed by atoms with van der Waals surface area (Å²) in [6.07, 6.45) is 1.05. The van der Waals surface area contributed by atoms with Crippen LogP contribution in [0.3, 0.4) is 0 Å². The van der Waals surface area contributed by atoms with Gasteiger partial charge in [0, 0.05) is 12.5 Å². The maximum absolute atomic E-state index is 13.4. The van der Waals surface area contributed by atoms with E-state index in [2.05, 4.69) is 4.74 Å². The van der Waals surface area contributed by atoms with E-state index >= 15 is 0 Å². The number of hydrogen-bond donors (Lipinski definition) is 1. The Kier molecular flexibility index (Phi) is 5.36. The predicted molar refractivity (Wildman–Crippen MR) is 82.1 cm³/mol. The summed E-state index contributed by atoms with van der Waals surface area (Å²) < 4.78 is 27.9. The zero-order valence-corrected chi connectivity index (χ0v) is 13.0. The minimum absolute atomic E-state index is 0.0244. The van der Waals surface area contributed by atoms with Gasteiger partial charge in [-0.15, -0.1) is 0 Å². The van der Waals surface area contributed by atoms with Crippen LogP contribution in [-0.2, 0) is 20.7 Å². The maximum Gasteiger partial charge on any atom is 0.378 e. The van der Waals surface area contributed by atoms with Gasteiger partial charge < -0.3 is 19.0 Å². The van der Waals surface area contributed by atoms with Crippen LogP contribution < -0.4 is 4.74 Å². The number of aliphatic hydroxyl groups excluding tert-OH is 1. The minimum Gasteiger partial charge on any atom is -0.504 e. The van der Waals surface area contributed by atoms with Crippen LogP contribution in [0, 0.1) is 5.82 Å². The molecule has 0 aliphatic rings. The van der Waals surface area contributed by atoms with E-state index in [1.54, 1.807) is 12.1 Å². The van der Waals surface area contributed by atoms with Gasteiger partial charge in [-0.1, -0.05) is 6.07 Å². The Labute approximate surface area is 137 Å². The third-order valence-corrected chi connectivity index (χ3v) is 3.16. The Hall–Kier alpha value is -3.09. The lowest BCUT2D eigenvalue weighted by atomic mass is 10.1. The first-order valence-corrected chi connectivity index (χ1v) is 6.89. The van der Waals surface area contributed by atoms with Gasteiger partial charge in [0.05, 0.1) is 14.2 Å². The largest absolute Gasteiger partial charge is 0.504 e. The van der Waals surface area contributed by atoms with Crippen molar-refractivity contribution in [1.29, 1.82) is 0 Å². The molecule has 0 amide bonds. The fraction of sp³-hybridized carbons (Fsp3) is 0.176. The van der Waals surface area contributed by atoms with E-state index in [0.29, 0.717) is 12.2 Å². The molecule has 0 spiro atoms. The number of carbonyl (C=O) groups is 2. The normalized spacial score (nSPS) is 11.2. The van der Waals surface area contributed by atoms with Crippen molar-refractivity contribution in [2.75, 3.05) is 14.2 Å². The summed E-state index contributed by atoms with van der Waals surface area (Å²) in [4.78, 5) is 22.4. The fourth-order valence-corrected chi connectivity index (χ4v) is 1.98. The number of rotatable bonds is 6. The molecule has 2 aromatic rings. The van der Waals surface area contributed by atoms with E-state index in [9.17, 15) is 19.1 Å². The van der Waals surface area contributed by atoms with Crippen LogP contribution in [0.2, 0.25) is 0 Å².